The third-order valence-electron chi connectivity index (χ3n) is 4.49. The maximum atomic E-state index is 4.17. The quantitative estimate of drug-likeness (QED) is 0.461. The molecule has 0 saturated carbocycles. The highest BCUT2D eigenvalue weighted by molar-refractivity contribution is 8.18. The normalized spacial score (nSPS) is 17.7. The van der Waals surface area contributed by atoms with E-state index in [1.165, 1.54) is 75.7 Å². The van der Waals surface area contributed by atoms with E-state index >= 15 is 0 Å². The van der Waals surface area contributed by atoms with E-state index in [0.717, 1.165) is 6.54 Å². The lowest BCUT2D eigenvalue weighted by Crippen LogP contribution is -2.27. The molecule has 1 aliphatic rings. The van der Waals surface area contributed by atoms with Crippen LogP contribution in [0.4, 0.5) is 0 Å². The summed E-state index contributed by atoms with van der Waals surface area (Å²) in [7, 11) is 0. The average Bonchev–Trinajstić information content (AvgIpc) is 3.07. The van der Waals surface area contributed by atoms with Gasteiger partial charge in [0.15, 0.2) is 0 Å². The molecule has 1 fully saturated rings. The molecule has 0 spiro atoms. The van der Waals surface area contributed by atoms with E-state index in [1.807, 2.05) is 12.5 Å². The first-order valence-corrected chi connectivity index (χ1v) is 11.1. The minimum atomic E-state index is 0.478. The second kappa shape index (κ2) is 10.6. The van der Waals surface area contributed by atoms with Crippen LogP contribution >= 0.6 is 23.5 Å². The van der Waals surface area contributed by atoms with Crippen LogP contribution in [-0.2, 0) is 6.54 Å². The molecule has 0 unspecified atom stereocenters. The summed E-state index contributed by atoms with van der Waals surface area (Å²) in [6.45, 7) is 3.41. The van der Waals surface area contributed by atoms with Crippen molar-refractivity contribution in [2.45, 2.75) is 81.8 Å². The highest BCUT2D eigenvalue weighted by atomic mass is 32.2. The van der Waals surface area contributed by atoms with Crippen LogP contribution in [0.2, 0.25) is 0 Å². The molecule has 2 nitrogen and oxygen atoms in total. The molecule has 2 heterocycles. The van der Waals surface area contributed by atoms with Gasteiger partial charge < -0.3 is 4.57 Å². The van der Waals surface area contributed by atoms with Crippen molar-refractivity contribution >= 4 is 23.5 Å². The van der Waals surface area contributed by atoms with Crippen molar-refractivity contribution in [1.82, 2.24) is 9.55 Å². The number of imidazole rings is 1. The summed E-state index contributed by atoms with van der Waals surface area (Å²) < 4.78 is 2.72. The number of thioether (sulfide) groups is 2. The highest BCUT2D eigenvalue weighted by Gasteiger charge is 2.32. The van der Waals surface area contributed by atoms with Gasteiger partial charge in [0.25, 0.3) is 0 Å². The molecular formula is C18H32N2S2. The molecular weight excluding hydrogens is 308 g/mol. The van der Waals surface area contributed by atoms with Crippen molar-refractivity contribution in [3.8, 4) is 0 Å². The lowest BCUT2D eigenvalue weighted by atomic mass is 10.1. The predicted molar refractivity (Wildman–Crippen MR) is 102 cm³/mol. The molecule has 126 valence electrons. The Morgan fingerprint density at radius 2 is 1.73 bits per heavy atom. The SMILES string of the molecule is CCCCCCCCCC1(CCn2ccnc2)SCCCS1. The van der Waals surface area contributed by atoms with Crippen LogP contribution in [-0.4, -0.2) is 25.1 Å². The smallest absolute Gasteiger partial charge is 0.0945 e. The fourth-order valence-electron chi connectivity index (χ4n) is 3.10. The minimum absolute atomic E-state index is 0.478. The molecule has 0 aromatic carbocycles. The van der Waals surface area contributed by atoms with Gasteiger partial charge in [-0.2, -0.15) is 0 Å². The lowest BCUT2D eigenvalue weighted by Gasteiger charge is -2.36. The Hall–Kier alpha value is -0.0900. The van der Waals surface area contributed by atoms with Gasteiger partial charge in [0.2, 0.25) is 0 Å². The summed E-state index contributed by atoms with van der Waals surface area (Å²) >= 11 is 4.47. The van der Waals surface area contributed by atoms with E-state index in [-0.39, 0.29) is 0 Å². The summed E-state index contributed by atoms with van der Waals surface area (Å²) in [5.74, 6) is 2.71. The fraction of sp³-hybridized carbons (Fsp3) is 0.833. The van der Waals surface area contributed by atoms with Crippen molar-refractivity contribution in [1.29, 1.82) is 0 Å². The van der Waals surface area contributed by atoms with Gasteiger partial charge >= 0.3 is 0 Å². The summed E-state index contributed by atoms with van der Waals surface area (Å²) in [6.07, 6.45) is 19.9. The Morgan fingerprint density at radius 1 is 1.00 bits per heavy atom. The topological polar surface area (TPSA) is 17.8 Å². The van der Waals surface area contributed by atoms with Gasteiger partial charge in [-0.1, -0.05) is 51.9 Å². The molecule has 1 aromatic heterocycles. The second-order valence-electron chi connectivity index (χ2n) is 6.38. The first-order chi connectivity index (χ1) is 10.8. The van der Waals surface area contributed by atoms with Crippen LogP contribution in [0.3, 0.4) is 0 Å². The number of hydrogen-bond acceptors (Lipinski definition) is 3. The molecule has 4 heteroatoms. The molecule has 0 amide bonds. The highest BCUT2D eigenvalue weighted by Crippen LogP contribution is 2.48. The zero-order chi connectivity index (χ0) is 15.5. The largest absolute Gasteiger partial charge is 0.337 e. The number of aryl methyl sites for hydroxylation is 1. The molecule has 0 aliphatic carbocycles. The molecule has 1 aromatic rings. The monoisotopic (exact) mass is 340 g/mol. The molecule has 0 bridgehead atoms. The third kappa shape index (κ3) is 6.57. The van der Waals surface area contributed by atoms with Gasteiger partial charge in [-0.05, 0) is 30.8 Å². The summed E-state index contributed by atoms with van der Waals surface area (Å²) in [4.78, 5) is 4.17. The molecule has 2 rings (SSSR count). The van der Waals surface area contributed by atoms with Crippen molar-refractivity contribution in [2.75, 3.05) is 11.5 Å². The van der Waals surface area contributed by atoms with Crippen molar-refractivity contribution in [3.05, 3.63) is 18.7 Å². The van der Waals surface area contributed by atoms with Crippen LogP contribution in [0.25, 0.3) is 0 Å². The van der Waals surface area contributed by atoms with Crippen LogP contribution in [0.1, 0.15) is 71.1 Å². The van der Waals surface area contributed by atoms with Crippen LogP contribution in [0, 0.1) is 0 Å². The van der Waals surface area contributed by atoms with Gasteiger partial charge in [-0.3, -0.25) is 0 Å². The number of nitrogens with zero attached hydrogens (tertiary/aromatic N) is 2. The van der Waals surface area contributed by atoms with Crippen molar-refractivity contribution in [2.24, 2.45) is 0 Å². The summed E-state index contributed by atoms with van der Waals surface area (Å²) in [6, 6.07) is 0. The Balaban J connectivity index is 1.69. The van der Waals surface area contributed by atoms with Crippen LogP contribution < -0.4 is 0 Å². The molecule has 0 N–H and O–H groups in total. The molecule has 0 radical (unpaired) electrons. The Bertz CT molecular complexity index is 372. The number of aromatic nitrogens is 2. The van der Waals surface area contributed by atoms with E-state index in [2.05, 4.69) is 46.2 Å². The average molecular weight is 341 g/mol. The van der Waals surface area contributed by atoms with Crippen molar-refractivity contribution < 1.29 is 0 Å². The molecule has 1 aliphatic heterocycles. The Morgan fingerprint density at radius 3 is 2.41 bits per heavy atom. The Labute approximate surface area is 145 Å². The summed E-state index contributed by atoms with van der Waals surface area (Å²) in [5.41, 5.74) is 0. The van der Waals surface area contributed by atoms with Gasteiger partial charge in [-0.25, -0.2) is 4.98 Å². The first-order valence-electron chi connectivity index (χ1n) is 9.08. The molecule has 1 saturated heterocycles. The zero-order valence-electron chi connectivity index (χ0n) is 14.1. The van der Waals surface area contributed by atoms with Crippen molar-refractivity contribution in [3.63, 3.8) is 0 Å². The van der Waals surface area contributed by atoms with E-state index in [9.17, 15) is 0 Å². The lowest BCUT2D eigenvalue weighted by molar-refractivity contribution is 0.523. The van der Waals surface area contributed by atoms with Gasteiger partial charge in [0.05, 0.1) is 10.4 Å². The standard InChI is InChI=1S/C18H32N2S2/c1-2-3-4-5-6-7-8-10-18(21-15-9-16-22-18)11-13-20-14-12-19-17-20/h12,14,17H,2-11,13,15-16H2,1H3. The summed E-state index contributed by atoms with van der Waals surface area (Å²) in [5, 5.41) is 0. The Kier molecular flexibility index (Phi) is 8.83. The first kappa shape index (κ1) is 18.3. The van der Waals surface area contributed by atoms with Gasteiger partial charge in [-0.15, -0.1) is 23.5 Å². The number of hydrogen-bond donors (Lipinski definition) is 0. The maximum Gasteiger partial charge on any atom is 0.0945 e. The molecule has 22 heavy (non-hydrogen) atoms. The van der Waals surface area contributed by atoms with Crippen LogP contribution in [0.15, 0.2) is 18.7 Å². The predicted octanol–water partition coefficient (Wildman–Crippen LogP) is 5.98. The van der Waals surface area contributed by atoms with Crippen LogP contribution in [0.5, 0.6) is 0 Å². The third-order valence-corrected chi connectivity index (χ3v) is 8.05. The van der Waals surface area contributed by atoms with E-state index in [4.69, 9.17) is 0 Å². The zero-order valence-corrected chi connectivity index (χ0v) is 15.8. The number of rotatable bonds is 11. The van der Waals surface area contributed by atoms with E-state index < -0.39 is 0 Å². The second-order valence-corrected chi connectivity index (χ2v) is 9.60. The number of unbranched alkanes of at least 4 members (excludes halogenated alkanes) is 6. The maximum absolute atomic E-state index is 4.17. The van der Waals surface area contributed by atoms with Gasteiger partial charge in [0, 0.05) is 18.9 Å². The van der Waals surface area contributed by atoms with E-state index in [1.54, 1.807) is 0 Å². The van der Waals surface area contributed by atoms with E-state index in [0.29, 0.717) is 4.08 Å². The fourth-order valence-corrected chi connectivity index (χ4v) is 6.49. The molecule has 0 atom stereocenters. The minimum Gasteiger partial charge on any atom is -0.337 e. The van der Waals surface area contributed by atoms with Gasteiger partial charge in [0.1, 0.15) is 0 Å².